The molecule has 15 heteroatoms. The summed E-state index contributed by atoms with van der Waals surface area (Å²) in [5, 5.41) is 67.3. The third kappa shape index (κ3) is 10.3. The van der Waals surface area contributed by atoms with Crippen LogP contribution in [0.5, 0.6) is 23.0 Å². The smallest absolute Gasteiger partial charge is 0.312 e. The number of hydrogen-bond acceptors (Lipinski definition) is 14. The Hall–Kier alpha value is -5.12. The highest BCUT2D eigenvalue weighted by atomic mass is 16.7. The SMILES string of the molecule is CCCCN(CCCC)N=Cc1c2c(O)c3c(O)c(C)c4c(c3c1O)C(=O)[C@@](C)(O/C=C/[C@H](OC)[C@@H](C)[C@@H](OC(C)=O)[C@H](C)[C@H](O)[C@H](C)[C@@H](O)[C@@H](C)/C=C/C=C(/C)C(=O)N2)O4. The molecule has 336 valence electrons. The number of carbonyl (C=O) groups is 3. The number of benzene rings is 2. The Morgan fingerprint density at radius 2 is 1.57 bits per heavy atom. The number of fused-ring (bicyclic) bond motifs is 14. The van der Waals surface area contributed by atoms with Gasteiger partial charge in [0.15, 0.2) is 5.75 Å². The lowest BCUT2D eigenvalue weighted by Gasteiger charge is -2.38. The Kier molecular flexibility index (Phi) is 16.4. The molecular weight excluding hydrogens is 787 g/mol. The van der Waals surface area contributed by atoms with Crippen LogP contribution in [0.4, 0.5) is 5.69 Å². The van der Waals surface area contributed by atoms with Gasteiger partial charge in [-0.1, -0.05) is 72.6 Å². The summed E-state index contributed by atoms with van der Waals surface area (Å²) in [5.41, 5.74) is -0.326. The fraction of sp³-hybridized carbons (Fsp3) is 0.565. The summed E-state index contributed by atoms with van der Waals surface area (Å²) >= 11 is 0. The Morgan fingerprint density at radius 1 is 0.934 bits per heavy atom. The molecule has 5 bridgehead atoms. The maximum Gasteiger partial charge on any atom is 0.312 e. The minimum absolute atomic E-state index is 0.0586. The van der Waals surface area contributed by atoms with Gasteiger partial charge in [0.2, 0.25) is 0 Å². The topological polar surface area (TPSA) is 217 Å². The molecule has 61 heavy (non-hydrogen) atoms. The van der Waals surface area contributed by atoms with E-state index in [1.54, 1.807) is 39.8 Å². The van der Waals surface area contributed by atoms with Crippen LogP contribution in [-0.2, 0) is 23.8 Å². The van der Waals surface area contributed by atoms with Crippen molar-refractivity contribution in [1.29, 1.82) is 0 Å². The minimum Gasteiger partial charge on any atom is -0.507 e. The van der Waals surface area contributed by atoms with Crippen molar-refractivity contribution in [3.63, 3.8) is 0 Å². The number of ether oxygens (including phenoxy) is 4. The molecule has 0 fully saturated rings. The van der Waals surface area contributed by atoms with E-state index >= 15 is 0 Å². The third-order valence-corrected chi connectivity index (χ3v) is 11.9. The van der Waals surface area contributed by atoms with E-state index in [9.17, 15) is 39.9 Å². The summed E-state index contributed by atoms with van der Waals surface area (Å²) < 4.78 is 23.7. The molecule has 6 N–H and O–H groups in total. The molecule has 2 aromatic rings. The van der Waals surface area contributed by atoms with E-state index in [4.69, 9.17) is 18.9 Å². The zero-order valence-corrected chi connectivity index (χ0v) is 37.3. The number of nitrogens with one attached hydrogen (secondary N) is 1. The van der Waals surface area contributed by atoms with Crippen molar-refractivity contribution >= 4 is 40.3 Å². The predicted octanol–water partition coefficient (Wildman–Crippen LogP) is 6.99. The van der Waals surface area contributed by atoms with Crippen LogP contribution in [0, 0.1) is 30.6 Å². The Labute approximate surface area is 358 Å². The highest BCUT2D eigenvalue weighted by molar-refractivity contribution is 6.23. The van der Waals surface area contributed by atoms with Crippen molar-refractivity contribution in [3.05, 3.63) is 52.8 Å². The Morgan fingerprint density at radius 3 is 2.16 bits per heavy atom. The largest absolute Gasteiger partial charge is 0.507 e. The zero-order valence-electron chi connectivity index (χ0n) is 37.3. The number of aliphatic hydroxyl groups excluding tert-OH is 2. The molecule has 5 rings (SSSR count). The predicted molar refractivity (Wildman–Crippen MR) is 233 cm³/mol. The lowest BCUT2D eigenvalue weighted by Crippen LogP contribution is -2.46. The number of aliphatic hydroxyl groups is 2. The van der Waals surface area contributed by atoms with Crippen LogP contribution < -0.4 is 10.1 Å². The van der Waals surface area contributed by atoms with Crippen LogP contribution in [-0.4, -0.2) is 105 Å². The monoisotopic (exact) mass is 851 g/mol. The van der Waals surface area contributed by atoms with Crippen molar-refractivity contribution in [2.24, 2.45) is 28.8 Å². The summed E-state index contributed by atoms with van der Waals surface area (Å²) in [4.78, 5) is 40.7. The highest BCUT2D eigenvalue weighted by Crippen LogP contribution is 2.55. The number of aromatic hydroxyl groups is 3. The summed E-state index contributed by atoms with van der Waals surface area (Å²) in [6, 6.07) is 0. The zero-order chi connectivity index (χ0) is 45.5. The first-order valence-electron chi connectivity index (χ1n) is 21.1. The molecule has 0 unspecified atom stereocenters. The number of nitrogens with zero attached hydrogens (tertiary/aromatic N) is 2. The van der Waals surface area contributed by atoms with Crippen LogP contribution in [0.2, 0.25) is 0 Å². The number of rotatable bonds is 10. The van der Waals surface area contributed by atoms with Gasteiger partial charge in [-0.15, -0.1) is 0 Å². The van der Waals surface area contributed by atoms with Crippen molar-refractivity contribution in [2.45, 2.75) is 125 Å². The number of amides is 1. The van der Waals surface area contributed by atoms with Crippen molar-refractivity contribution in [2.75, 3.05) is 25.5 Å². The lowest BCUT2D eigenvalue weighted by atomic mass is 9.78. The van der Waals surface area contributed by atoms with Gasteiger partial charge in [-0.05, 0) is 32.8 Å². The van der Waals surface area contributed by atoms with Gasteiger partial charge in [-0.2, -0.15) is 5.10 Å². The van der Waals surface area contributed by atoms with Gasteiger partial charge in [0.05, 0.1) is 53.0 Å². The first kappa shape index (κ1) is 48.5. The number of carbonyl (C=O) groups excluding carboxylic acids is 3. The van der Waals surface area contributed by atoms with Crippen LogP contribution in [0.3, 0.4) is 0 Å². The van der Waals surface area contributed by atoms with E-state index in [-0.39, 0.29) is 44.5 Å². The molecule has 0 radical (unpaired) electrons. The molecule has 0 spiro atoms. The van der Waals surface area contributed by atoms with E-state index in [0.717, 1.165) is 25.7 Å². The number of ketones is 1. The fourth-order valence-corrected chi connectivity index (χ4v) is 7.92. The molecule has 0 aromatic heterocycles. The van der Waals surface area contributed by atoms with Gasteiger partial charge < -0.3 is 49.8 Å². The average molecular weight is 852 g/mol. The highest BCUT2D eigenvalue weighted by Gasteiger charge is 2.50. The van der Waals surface area contributed by atoms with E-state index in [1.165, 1.54) is 59.4 Å². The lowest BCUT2D eigenvalue weighted by molar-refractivity contribution is -0.160. The number of anilines is 1. The van der Waals surface area contributed by atoms with Crippen LogP contribution >= 0.6 is 0 Å². The molecule has 0 saturated carbocycles. The second-order valence-corrected chi connectivity index (χ2v) is 16.5. The molecule has 15 nitrogen and oxygen atoms in total. The first-order chi connectivity index (χ1) is 28.8. The van der Waals surface area contributed by atoms with Gasteiger partial charge in [-0.25, -0.2) is 0 Å². The summed E-state index contributed by atoms with van der Waals surface area (Å²) in [6.45, 7) is 17.9. The van der Waals surface area contributed by atoms with Gasteiger partial charge in [0, 0.05) is 74.2 Å². The van der Waals surface area contributed by atoms with Crippen LogP contribution in [0.1, 0.15) is 109 Å². The maximum atomic E-state index is 14.5. The van der Waals surface area contributed by atoms with Crippen molar-refractivity contribution in [3.8, 4) is 23.0 Å². The van der Waals surface area contributed by atoms with Crippen LogP contribution in [0.15, 0.2) is 41.2 Å². The summed E-state index contributed by atoms with van der Waals surface area (Å²) in [5.74, 6) is -8.32. The van der Waals surface area contributed by atoms with Gasteiger partial charge in [-0.3, -0.25) is 19.4 Å². The summed E-state index contributed by atoms with van der Waals surface area (Å²) in [6.07, 6.45) is 8.39. The standard InChI is InChI=1S/C46H65N3O12/c1-12-14-20-49(21-15-13-2)47-23-31-36-41(55)34-33(40(31)54)35-43(29(8)39(34)53)61-46(10,44(35)56)59-22-19-32(58-11)26(5)42(60-30(9)50)28(7)38(52)27(6)37(51)24(3)17-16-18-25(4)45(57)48-36/h16-19,22-24,26-28,32,37-38,42,51-55H,12-15,20-21H2,1-11H3,(H,48,57)/b17-16+,22-19+,25-18-,47-23?/t24-,26+,27+,28+,32-,37-,38+,42+,46-/m0/s1. The number of phenolic OH excluding ortho intramolecular Hbond substituents is 3. The molecule has 1 amide bonds. The van der Waals surface area contributed by atoms with Crippen molar-refractivity contribution < 1.29 is 58.9 Å². The number of allylic oxidation sites excluding steroid dienone is 2. The molecule has 0 aliphatic carbocycles. The number of unbranched alkanes of at least 4 members (excludes halogenated alkanes) is 2. The normalized spacial score (nSPS) is 29.5. The van der Waals surface area contributed by atoms with E-state index in [1.807, 2.05) is 5.01 Å². The van der Waals surface area contributed by atoms with E-state index in [0.29, 0.717) is 13.1 Å². The van der Waals surface area contributed by atoms with E-state index < -0.39 is 88.8 Å². The van der Waals surface area contributed by atoms with Gasteiger partial charge in [0.25, 0.3) is 11.7 Å². The first-order valence-corrected chi connectivity index (χ1v) is 21.1. The molecule has 3 aliphatic rings. The number of hydrogen-bond donors (Lipinski definition) is 6. The third-order valence-electron chi connectivity index (χ3n) is 11.9. The Bertz CT molecular complexity index is 2050. The maximum absolute atomic E-state index is 14.5. The van der Waals surface area contributed by atoms with Gasteiger partial charge in [0.1, 0.15) is 23.4 Å². The second kappa shape index (κ2) is 20.6. The minimum atomic E-state index is -2.05. The number of hydrazone groups is 1. The molecule has 2 aromatic carbocycles. The molecular formula is C46H65N3O12. The van der Waals surface area contributed by atoms with E-state index in [2.05, 4.69) is 24.3 Å². The number of esters is 1. The Balaban J connectivity index is 1.99. The quantitative estimate of drug-likeness (QED) is 0.0468. The number of Topliss-reactive ketones (excluding diaryl/α,β-unsaturated/α-hetero) is 1. The molecule has 3 aliphatic heterocycles. The number of methoxy groups -OCH3 is 1. The number of phenols is 3. The molecule has 3 heterocycles. The van der Waals surface area contributed by atoms with Gasteiger partial charge >= 0.3 is 11.8 Å². The van der Waals surface area contributed by atoms with Crippen molar-refractivity contribution in [1.82, 2.24) is 5.01 Å². The average Bonchev–Trinajstić information content (AvgIpc) is 3.49. The molecule has 0 saturated heterocycles. The second-order valence-electron chi connectivity index (χ2n) is 16.5. The summed E-state index contributed by atoms with van der Waals surface area (Å²) in [7, 11) is 1.44. The fourth-order valence-electron chi connectivity index (χ4n) is 7.92. The van der Waals surface area contributed by atoms with Crippen LogP contribution in [0.25, 0.3) is 10.8 Å². The molecule has 9 atom stereocenters.